The first-order valence-corrected chi connectivity index (χ1v) is 10.3. The molecule has 1 unspecified atom stereocenters. The van der Waals surface area contributed by atoms with E-state index in [0.717, 1.165) is 50.5 Å². The standard InChI is InChI=1S/C23H40N2/c1-7-19(3)14-16-24-23(21(5)8-2)13-9-12-22(6)25-17-10-11-20(4)15-18-25/h10,16-17,19-20H,6-9,11-15,18H2,1-5H3/b23-21-,24-16?/t19-,20?/m0/s1. The zero-order valence-corrected chi connectivity index (χ0v) is 17.4. The number of rotatable bonds is 10. The van der Waals surface area contributed by atoms with Gasteiger partial charge in [-0.05, 0) is 69.9 Å². The van der Waals surface area contributed by atoms with Crippen molar-refractivity contribution in [2.24, 2.45) is 16.8 Å². The van der Waals surface area contributed by atoms with Crippen LogP contribution in [0.4, 0.5) is 0 Å². The van der Waals surface area contributed by atoms with E-state index in [2.05, 4.69) is 64.6 Å². The van der Waals surface area contributed by atoms with Gasteiger partial charge in [0, 0.05) is 24.2 Å². The third-order valence-electron chi connectivity index (χ3n) is 5.45. The Labute approximate surface area is 156 Å². The van der Waals surface area contributed by atoms with Gasteiger partial charge in [-0.2, -0.15) is 0 Å². The molecule has 0 amide bonds. The molecule has 0 aliphatic carbocycles. The fraction of sp³-hybridized carbons (Fsp3) is 0.696. The van der Waals surface area contributed by atoms with Crippen LogP contribution in [0, 0.1) is 11.8 Å². The summed E-state index contributed by atoms with van der Waals surface area (Å²) in [6, 6.07) is 0. The Morgan fingerprint density at radius 1 is 1.36 bits per heavy atom. The number of nitrogens with zero attached hydrogens (tertiary/aromatic N) is 2. The topological polar surface area (TPSA) is 15.6 Å². The predicted octanol–water partition coefficient (Wildman–Crippen LogP) is 7.11. The molecule has 1 aliphatic heterocycles. The highest BCUT2D eigenvalue weighted by Gasteiger charge is 2.11. The number of hydrogen-bond acceptors (Lipinski definition) is 2. The summed E-state index contributed by atoms with van der Waals surface area (Å²) in [6.45, 7) is 16.8. The van der Waals surface area contributed by atoms with Crippen LogP contribution in [-0.2, 0) is 0 Å². The molecule has 0 bridgehead atoms. The molecule has 2 heteroatoms. The van der Waals surface area contributed by atoms with E-state index < -0.39 is 0 Å². The maximum Gasteiger partial charge on any atom is 0.0388 e. The van der Waals surface area contributed by atoms with Crippen LogP contribution in [0.15, 0.2) is 40.8 Å². The van der Waals surface area contributed by atoms with Crippen LogP contribution >= 0.6 is 0 Å². The van der Waals surface area contributed by atoms with E-state index in [4.69, 9.17) is 4.99 Å². The van der Waals surface area contributed by atoms with E-state index in [1.165, 1.54) is 36.2 Å². The minimum atomic E-state index is 0.726. The smallest absolute Gasteiger partial charge is 0.0388 e. The first-order chi connectivity index (χ1) is 12.0. The first-order valence-electron chi connectivity index (χ1n) is 10.3. The molecule has 1 aliphatic rings. The van der Waals surface area contributed by atoms with Gasteiger partial charge >= 0.3 is 0 Å². The Hall–Kier alpha value is -1.31. The van der Waals surface area contributed by atoms with Crippen LogP contribution in [0.2, 0.25) is 0 Å². The van der Waals surface area contributed by atoms with Crippen LogP contribution in [0.25, 0.3) is 0 Å². The molecule has 1 rings (SSSR count). The summed E-state index contributed by atoms with van der Waals surface area (Å²) in [6.07, 6.45) is 15.8. The molecule has 0 saturated heterocycles. The second-order valence-corrected chi connectivity index (χ2v) is 7.77. The summed E-state index contributed by atoms with van der Waals surface area (Å²) in [4.78, 5) is 7.17. The summed E-state index contributed by atoms with van der Waals surface area (Å²) in [7, 11) is 0. The van der Waals surface area contributed by atoms with Crippen molar-refractivity contribution < 1.29 is 0 Å². The Kier molecular flexibility index (Phi) is 10.5. The molecule has 0 fully saturated rings. The van der Waals surface area contributed by atoms with Gasteiger partial charge in [0.1, 0.15) is 0 Å². The lowest BCUT2D eigenvalue weighted by atomic mass is 10.0. The first kappa shape index (κ1) is 21.7. The van der Waals surface area contributed by atoms with Crippen molar-refractivity contribution in [3.63, 3.8) is 0 Å². The van der Waals surface area contributed by atoms with Gasteiger partial charge in [-0.1, -0.05) is 52.3 Å². The molecule has 142 valence electrons. The lowest BCUT2D eigenvalue weighted by Crippen LogP contribution is -2.17. The molecular formula is C23H40N2. The van der Waals surface area contributed by atoms with Crippen molar-refractivity contribution in [1.29, 1.82) is 0 Å². The SMILES string of the molecule is C=C(CCC/C(N=CC[C@@H](C)CC)=C(\C)CC)N1C=CCC(C)CC1. The Morgan fingerprint density at radius 2 is 2.12 bits per heavy atom. The fourth-order valence-corrected chi connectivity index (χ4v) is 2.94. The zero-order valence-electron chi connectivity index (χ0n) is 17.4. The predicted molar refractivity (Wildman–Crippen MR) is 113 cm³/mol. The van der Waals surface area contributed by atoms with Crippen molar-refractivity contribution in [2.75, 3.05) is 6.54 Å². The molecule has 0 saturated carbocycles. The average Bonchev–Trinajstić information content (AvgIpc) is 2.83. The molecule has 0 N–H and O–H groups in total. The minimum Gasteiger partial charge on any atom is -0.352 e. The van der Waals surface area contributed by atoms with Crippen molar-refractivity contribution in [3.05, 3.63) is 35.8 Å². The van der Waals surface area contributed by atoms with E-state index >= 15 is 0 Å². The van der Waals surface area contributed by atoms with Gasteiger partial charge in [-0.3, -0.25) is 4.99 Å². The molecule has 2 atom stereocenters. The molecule has 2 nitrogen and oxygen atoms in total. The summed E-state index contributed by atoms with van der Waals surface area (Å²) >= 11 is 0. The largest absolute Gasteiger partial charge is 0.352 e. The second-order valence-electron chi connectivity index (χ2n) is 7.77. The highest BCUT2D eigenvalue weighted by molar-refractivity contribution is 5.59. The summed E-state index contributed by atoms with van der Waals surface area (Å²) in [5, 5.41) is 0. The molecule has 0 aromatic carbocycles. The van der Waals surface area contributed by atoms with E-state index in [-0.39, 0.29) is 0 Å². The summed E-state index contributed by atoms with van der Waals surface area (Å²) in [5.74, 6) is 1.51. The van der Waals surface area contributed by atoms with Crippen molar-refractivity contribution >= 4 is 6.21 Å². The summed E-state index contributed by atoms with van der Waals surface area (Å²) < 4.78 is 0. The van der Waals surface area contributed by atoms with E-state index in [1.807, 2.05) is 0 Å². The Morgan fingerprint density at radius 3 is 2.80 bits per heavy atom. The normalized spacial score (nSPS) is 20.5. The quantitative estimate of drug-likeness (QED) is 0.386. The van der Waals surface area contributed by atoms with E-state index in [0.29, 0.717) is 0 Å². The molecule has 25 heavy (non-hydrogen) atoms. The van der Waals surface area contributed by atoms with Crippen LogP contribution in [-0.4, -0.2) is 17.7 Å². The molecular weight excluding hydrogens is 304 g/mol. The maximum absolute atomic E-state index is 4.81. The fourth-order valence-electron chi connectivity index (χ4n) is 2.94. The van der Waals surface area contributed by atoms with E-state index in [9.17, 15) is 0 Å². The van der Waals surface area contributed by atoms with Crippen molar-refractivity contribution in [1.82, 2.24) is 4.90 Å². The van der Waals surface area contributed by atoms with Crippen LogP contribution < -0.4 is 0 Å². The molecule has 1 heterocycles. The third-order valence-corrected chi connectivity index (χ3v) is 5.45. The van der Waals surface area contributed by atoms with Gasteiger partial charge in [0.2, 0.25) is 0 Å². The number of hydrogen-bond donors (Lipinski definition) is 0. The van der Waals surface area contributed by atoms with Crippen LogP contribution in [0.3, 0.4) is 0 Å². The minimum absolute atomic E-state index is 0.726. The number of aliphatic imine (C=N–C) groups is 1. The second kappa shape index (κ2) is 12.1. The van der Waals surface area contributed by atoms with Gasteiger partial charge in [0.05, 0.1) is 0 Å². The monoisotopic (exact) mass is 344 g/mol. The maximum atomic E-state index is 4.81. The lowest BCUT2D eigenvalue weighted by molar-refractivity contribution is 0.405. The third kappa shape index (κ3) is 8.56. The van der Waals surface area contributed by atoms with Gasteiger partial charge < -0.3 is 4.90 Å². The van der Waals surface area contributed by atoms with Gasteiger partial charge in [-0.15, -0.1) is 0 Å². The summed E-state index contributed by atoms with van der Waals surface area (Å²) in [5.41, 5.74) is 3.97. The number of allylic oxidation sites excluding steroid dienone is 4. The van der Waals surface area contributed by atoms with E-state index in [1.54, 1.807) is 0 Å². The van der Waals surface area contributed by atoms with Crippen molar-refractivity contribution in [2.45, 2.75) is 86.0 Å². The lowest BCUT2D eigenvalue weighted by Gasteiger charge is -2.22. The van der Waals surface area contributed by atoms with Gasteiger partial charge in [0.15, 0.2) is 0 Å². The zero-order chi connectivity index (χ0) is 18.7. The average molecular weight is 345 g/mol. The highest BCUT2D eigenvalue weighted by Crippen LogP contribution is 2.22. The molecule has 0 spiro atoms. The highest BCUT2D eigenvalue weighted by atomic mass is 15.1. The molecule has 0 aromatic rings. The van der Waals surface area contributed by atoms with Crippen molar-refractivity contribution in [3.8, 4) is 0 Å². The Bertz CT molecular complexity index is 484. The van der Waals surface area contributed by atoms with Crippen LogP contribution in [0.5, 0.6) is 0 Å². The molecule has 0 aromatic heterocycles. The molecule has 0 radical (unpaired) electrons. The van der Waals surface area contributed by atoms with Gasteiger partial charge in [0.25, 0.3) is 0 Å². The van der Waals surface area contributed by atoms with Gasteiger partial charge in [-0.25, -0.2) is 0 Å². The van der Waals surface area contributed by atoms with Crippen LogP contribution in [0.1, 0.15) is 86.0 Å². The Balaban J connectivity index is 2.50.